The number of aromatic nitrogens is 1. The Kier molecular flexibility index (Phi) is 3.06. The minimum atomic E-state index is 0.678. The van der Waals surface area contributed by atoms with E-state index in [9.17, 15) is 0 Å². The molecule has 12 heavy (non-hydrogen) atoms. The summed E-state index contributed by atoms with van der Waals surface area (Å²) in [7, 11) is 0. The molecule has 0 aliphatic rings. The van der Waals surface area contributed by atoms with Crippen molar-refractivity contribution in [1.82, 2.24) is 4.98 Å². The highest BCUT2D eigenvalue weighted by atomic mass is 32.1. The molecule has 0 aliphatic heterocycles. The van der Waals surface area contributed by atoms with Gasteiger partial charge in [-0.1, -0.05) is 11.3 Å². The SMILES string of the molecule is CCN(CC)c1ncc(C#N)s1. The molecule has 0 aliphatic carbocycles. The number of anilines is 1. The molecule has 1 rings (SSSR count). The monoisotopic (exact) mass is 181 g/mol. The highest BCUT2D eigenvalue weighted by molar-refractivity contribution is 7.16. The maximum absolute atomic E-state index is 8.58. The fourth-order valence-corrected chi connectivity index (χ4v) is 1.80. The van der Waals surface area contributed by atoms with Gasteiger partial charge in [0.1, 0.15) is 10.9 Å². The quantitative estimate of drug-likeness (QED) is 0.714. The third-order valence-electron chi connectivity index (χ3n) is 1.64. The summed E-state index contributed by atoms with van der Waals surface area (Å²) < 4.78 is 0. The summed E-state index contributed by atoms with van der Waals surface area (Å²) in [5.74, 6) is 0. The van der Waals surface area contributed by atoms with E-state index in [1.54, 1.807) is 6.20 Å². The summed E-state index contributed by atoms with van der Waals surface area (Å²) in [6.45, 7) is 6.04. The van der Waals surface area contributed by atoms with Gasteiger partial charge in [-0.3, -0.25) is 0 Å². The van der Waals surface area contributed by atoms with E-state index in [4.69, 9.17) is 5.26 Å². The van der Waals surface area contributed by atoms with Crippen molar-refractivity contribution in [2.45, 2.75) is 13.8 Å². The van der Waals surface area contributed by atoms with Crippen molar-refractivity contribution in [3.05, 3.63) is 11.1 Å². The van der Waals surface area contributed by atoms with Gasteiger partial charge in [0.25, 0.3) is 0 Å². The number of nitriles is 1. The summed E-state index contributed by atoms with van der Waals surface area (Å²) in [4.78, 5) is 6.96. The van der Waals surface area contributed by atoms with Crippen molar-refractivity contribution in [2.24, 2.45) is 0 Å². The second-order valence-corrected chi connectivity index (χ2v) is 3.30. The van der Waals surface area contributed by atoms with Gasteiger partial charge in [0.05, 0.1) is 6.20 Å². The van der Waals surface area contributed by atoms with Gasteiger partial charge in [-0.15, -0.1) is 0 Å². The fourth-order valence-electron chi connectivity index (χ4n) is 0.957. The van der Waals surface area contributed by atoms with Crippen LogP contribution in [0.1, 0.15) is 18.7 Å². The van der Waals surface area contributed by atoms with E-state index >= 15 is 0 Å². The molecule has 64 valence electrons. The second-order valence-electron chi connectivity index (χ2n) is 2.29. The molecular weight excluding hydrogens is 170 g/mol. The predicted octanol–water partition coefficient (Wildman–Crippen LogP) is 1.86. The molecule has 0 aromatic carbocycles. The van der Waals surface area contributed by atoms with Crippen molar-refractivity contribution < 1.29 is 0 Å². The van der Waals surface area contributed by atoms with E-state index in [1.807, 2.05) is 0 Å². The summed E-state index contributed by atoms with van der Waals surface area (Å²) >= 11 is 1.44. The summed E-state index contributed by atoms with van der Waals surface area (Å²) in [5, 5.41) is 9.52. The lowest BCUT2D eigenvalue weighted by atomic mass is 10.6. The first-order valence-corrected chi connectivity index (χ1v) is 4.74. The van der Waals surface area contributed by atoms with Gasteiger partial charge in [0.2, 0.25) is 0 Å². The smallest absolute Gasteiger partial charge is 0.186 e. The van der Waals surface area contributed by atoms with Crippen molar-refractivity contribution in [1.29, 1.82) is 5.26 Å². The molecule has 1 aromatic heterocycles. The van der Waals surface area contributed by atoms with E-state index in [0.29, 0.717) is 4.88 Å². The van der Waals surface area contributed by atoms with Crippen LogP contribution >= 0.6 is 11.3 Å². The molecule has 0 bridgehead atoms. The maximum Gasteiger partial charge on any atom is 0.186 e. The Morgan fingerprint density at radius 3 is 2.67 bits per heavy atom. The van der Waals surface area contributed by atoms with Crippen LogP contribution in [-0.4, -0.2) is 18.1 Å². The number of hydrogen-bond donors (Lipinski definition) is 0. The first-order valence-electron chi connectivity index (χ1n) is 3.92. The first-order chi connectivity index (χ1) is 5.81. The van der Waals surface area contributed by atoms with Gasteiger partial charge in [-0.05, 0) is 13.8 Å². The topological polar surface area (TPSA) is 39.9 Å². The average molecular weight is 181 g/mol. The lowest BCUT2D eigenvalue weighted by Crippen LogP contribution is -2.21. The van der Waals surface area contributed by atoms with Gasteiger partial charge in [-0.2, -0.15) is 5.26 Å². The predicted molar refractivity (Wildman–Crippen MR) is 50.4 cm³/mol. The molecule has 0 saturated carbocycles. The van der Waals surface area contributed by atoms with E-state index in [2.05, 4.69) is 29.8 Å². The van der Waals surface area contributed by atoms with Crippen molar-refractivity contribution >= 4 is 16.5 Å². The zero-order valence-corrected chi connectivity index (χ0v) is 8.06. The lowest BCUT2D eigenvalue weighted by molar-refractivity contribution is 0.860. The van der Waals surface area contributed by atoms with Gasteiger partial charge < -0.3 is 4.90 Å². The molecular formula is C8H11N3S. The highest BCUT2D eigenvalue weighted by Crippen LogP contribution is 2.20. The summed E-state index contributed by atoms with van der Waals surface area (Å²) in [5.41, 5.74) is 0. The lowest BCUT2D eigenvalue weighted by Gasteiger charge is -2.16. The second kappa shape index (κ2) is 4.07. The van der Waals surface area contributed by atoms with Gasteiger partial charge >= 0.3 is 0 Å². The Bertz CT molecular complexity index is 283. The molecule has 4 heteroatoms. The third-order valence-corrected chi connectivity index (χ3v) is 2.60. The van der Waals surface area contributed by atoms with Gasteiger partial charge in [0.15, 0.2) is 5.13 Å². The molecule has 1 aromatic rings. The zero-order valence-electron chi connectivity index (χ0n) is 7.24. The standard InChI is InChI=1S/C8H11N3S/c1-3-11(4-2)8-10-6-7(5-9)12-8/h6H,3-4H2,1-2H3. The van der Waals surface area contributed by atoms with E-state index < -0.39 is 0 Å². The molecule has 0 atom stereocenters. The highest BCUT2D eigenvalue weighted by Gasteiger charge is 2.06. The van der Waals surface area contributed by atoms with Crippen LogP contribution in [0.25, 0.3) is 0 Å². The van der Waals surface area contributed by atoms with Crippen molar-refractivity contribution in [3.8, 4) is 6.07 Å². The van der Waals surface area contributed by atoms with Crippen LogP contribution in [0.2, 0.25) is 0 Å². The third kappa shape index (κ3) is 1.74. The summed E-state index contributed by atoms with van der Waals surface area (Å²) in [6.07, 6.45) is 1.62. The molecule has 0 amide bonds. The molecule has 3 nitrogen and oxygen atoms in total. The Morgan fingerprint density at radius 1 is 1.58 bits per heavy atom. The number of nitrogens with zero attached hydrogens (tertiary/aromatic N) is 3. The minimum absolute atomic E-state index is 0.678. The van der Waals surface area contributed by atoms with Crippen LogP contribution in [0.15, 0.2) is 6.20 Å². The number of hydrogen-bond acceptors (Lipinski definition) is 4. The van der Waals surface area contributed by atoms with Crippen molar-refractivity contribution in [2.75, 3.05) is 18.0 Å². The van der Waals surface area contributed by atoms with Crippen LogP contribution in [-0.2, 0) is 0 Å². The van der Waals surface area contributed by atoms with E-state index in [-0.39, 0.29) is 0 Å². The van der Waals surface area contributed by atoms with Crippen LogP contribution in [0.4, 0.5) is 5.13 Å². The van der Waals surface area contributed by atoms with Crippen LogP contribution in [0, 0.1) is 11.3 Å². The average Bonchev–Trinajstić information content (AvgIpc) is 2.55. The number of thiazole rings is 1. The molecule has 0 radical (unpaired) electrons. The Balaban J connectivity index is 2.81. The number of rotatable bonds is 3. The zero-order chi connectivity index (χ0) is 8.97. The molecule has 0 spiro atoms. The maximum atomic E-state index is 8.58. The molecule has 0 N–H and O–H groups in total. The van der Waals surface area contributed by atoms with Gasteiger partial charge in [-0.25, -0.2) is 4.98 Å². The molecule has 0 unspecified atom stereocenters. The molecule has 1 heterocycles. The largest absolute Gasteiger partial charge is 0.349 e. The van der Waals surface area contributed by atoms with E-state index in [0.717, 1.165) is 18.2 Å². The van der Waals surface area contributed by atoms with Crippen LogP contribution < -0.4 is 4.90 Å². The van der Waals surface area contributed by atoms with E-state index in [1.165, 1.54) is 11.3 Å². The van der Waals surface area contributed by atoms with Crippen LogP contribution in [0.3, 0.4) is 0 Å². The molecule has 0 fully saturated rings. The fraction of sp³-hybridized carbons (Fsp3) is 0.500. The normalized spacial score (nSPS) is 9.42. The Labute approximate surface area is 76.3 Å². The minimum Gasteiger partial charge on any atom is -0.349 e. The Morgan fingerprint density at radius 2 is 2.25 bits per heavy atom. The van der Waals surface area contributed by atoms with Crippen molar-refractivity contribution in [3.63, 3.8) is 0 Å². The first kappa shape index (κ1) is 9.01. The summed E-state index contributed by atoms with van der Waals surface area (Å²) in [6, 6.07) is 2.08. The van der Waals surface area contributed by atoms with Gasteiger partial charge in [0, 0.05) is 13.1 Å². The molecule has 0 saturated heterocycles. The Hall–Kier alpha value is -1.08. The van der Waals surface area contributed by atoms with Crippen LogP contribution in [0.5, 0.6) is 0 Å².